The number of benzene rings is 2. The second kappa shape index (κ2) is 8.59. The van der Waals surface area contributed by atoms with Crippen molar-refractivity contribution in [2.45, 2.75) is 37.3 Å². The van der Waals surface area contributed by atoms with Gasteiger partial charge in [-0.05, 0) is 43.4 Å². The van der Waals surface area contributed by atoms with Crippen molar-refractivity contribution in [3.63, 3.8) is 0 Å². The van der Waals surface area contributed by atoms with Crippen LogP contribution in [0.1, 0.15) is 37.3 Å². The van der Waals surface area contributed by atoms with Gasteiger partial charge < -0.3 is 16.0 Å². The molecule has 160 valence electrons. The van der Waals surface area contributed by atoms with Crippen LogP contribution in [0.25, 0.3) is 0 Å². The average molecular weight is 420 g/mol. The van der Waals surface area contributed by atoms with E-state index in [2.05, 4.69) is 21.3 Å². The largest absolute Gasteiger partial charge is 0.340 e. The summed E-state index contributed by atoms with van der Waals surface area (Å²) in [6.07, 6.45) is 1.66. The first-order valence-corrected chi connectivity index (χ1v) is 10.3. The zero-order valence-corrected chi connectivity index (χ0v) is 16.9. The molecule has 4 rings (SSSR count). The summed E-state index contributed by atoms with van der Waals surface area (Å²) < 4.78 is 0. The molecular formula is C23H24N4O4. The quantitative estimate of drug-likeness (QED) is 0.555. The van der Waals surface area contributed by atoms with E-state index in [4.69, 9.17) is 0 Å². The Morgan fingerprint density at radius 3 is 2.13 bits per heavy atom. The maximum Gasteiger partial charge on any atom is 0.322 e. The molecule has 2 aromatic carbocycles. The fraction of sp³-hybridized carbons (Fsp3) is 0.304. The number of urea groups is 1. The fourth-order valence-electron chi connectivity index (χ4n) is 4.19. The number of hydrogen-bond acceptors (Lipinski definition) is 4. The molecule has 2 aromatic rings. The zero-order valence-electron chi connectivity index (χ0n) is 16.9. The van der Waals surface area contributed by atoms with E-state index >= 15 is 0 Å². The Bertz CT molecular complexity index is 985. The van der Waals surface area contributed by atoms with Gasteiger partial charge in [0.05, 0.1) is 0 Å². The zero-order chi connectivity index (χ0) is 21.8. The molecule has 1 atom stereocenters. The third-order valence-electron chi connectivity index (χ3n) is 5.95. The van der Waals surface area contributed by atoms with Crippen molar-refractivity contribution in [1.29, 1.82) is 0 Å². The van der Waals surface area contributed by atoms with Crippen molar-refractivity contribution in [2.24, 2.45) is 5.92 Å². The summed E-state index contributed by atoms with van der Waals surface area (Å²) >= 11 is 0. The van der Waals surface area contributed by atoms with E-state index in [0.717, 1.165) is 0 Å². The lowest BCUT2D eigenvalue weighted by atomic mass is 9.76. The number of imide groups is 1. The Morgan fingerprint density at radius 1 is 0.935 bits per heavy atom. The summed E-state index contributed by atoms with van der Waals surface area (Å²) in [5.41, 5.74) is 0.404. The number of rotatable bonds is 5. The lowest BCUT2D eigenvalue weighted by Crippen LogP contribution is -2.51. The maximum absolute atomic E-state index is 13.0. The minimum Gasteiger partial charge on any atom is -0.340 e. The van der Waals surface area contributed by atoms with Gasteiger partial charge in [0.15, 0.2) is 0 Å². The molecule has 8 nitrogen and oxygen atoms in total. The molecule has 8 heteroatoms. The monoisotopic (exact) mass is 420 g/mol. The number of anilines is 1. The van der Waals surface area contributed by atoms with Gasteiger partial charge in [0.1, 0.15) is 11.6 Å². The van der Waals surface area contributed by atoms with Crippen LogP contribution < -0.4 is 21.3 Å². The van der Waals surface area contributed by atoms with Gasteiger partial charge in [0.2, 0.25) is 5.91 Å². The molecule has 0 bridgehead atoms. The van der Waals surface area contributed by atoms with Crippen molar-refractivity contribution in [1.82, 2.24) is 16.0 Å². The van der Waals surface area contributed by atoms with Crippen molar-refractivity contribution >= 4 is 29.4 Å². The standard InChI is InChI=1S/C23H24N4O4/c28-19(16-11-13-23(14-12-16)21(30)26-22(31)27-23)25-18(15-7-3-1-4-8-15)20(29)24-17-9-5-2-6-10-17/h1-10,16,18H,11-14H2,(H,24,29)(H,25,28)(H2,26,27,30,31). The number of nitrogens with one attached hydrogen (secondary N) is 4. The van der Waals surface area contributed by atoms with E-state index in [9.17, 15) is 19.2 Å². The third-order valence-corrected chi connectivity index (χ3v) is 5.95. The molecule has 0 aromatic heterocycles. The number of amides is 5. The van der Waals surface area contributed by atoms with E-state index in [-0.39, 0.29) is 23.6 Å². The molecule has 0 radical (unpaired) electrons. The summed E-state index contributed by atoms with van der Waals surface area (Å²) in [5.74, 6) is -1.25. The predicted molar refractivity (Wildman–Crippen MR) is 114 cm³/mol. The number of carbonyl (C=O) groups excluding carboxylic acids is 4. The molecule has 31 heavy (non-hydrogen) atoms. The highest BCUT2D eigenvalue weighted by Crippen LogP contribution is 2.34. The number of hydrogen-bond donors (Lipinski definition) is 4. The van der Waals surface area contributed by atoms with Crippen molar-refractivity contribution in [2.75, 3.05) is 5.32 Å². The molecule has 5 amide bonds. The van der Waals surface area contributed by atoms with Gasteiger partial charge in [-0.3, -0.25) is 19.7 Å². The highest BCUT2D eigenvalue weighted by Gasteiger charge is 2.49. The highest BCUT2D eigenvalue weighted by atomic mass is 16.2. The van der Waals surface area contributed by atoms with Crippen LogP contribution in [0.4, 0.5) is 10.5 Å². The lowest BCUT2D eigenvalue weighted by Gasteiger charge is -2.34. The Morgan fingerprint density at radius 2 is 1.55 bits per heavy atom. The van der Waals surface area contributed by atoms with E-state index in [1.807, 2.05) is 36.4 Å². The molecule has 1 heterocycles. The molecular weight excluding hydrogens is 396 g/mol. The Balaban J connectivity index is 1.44. The van der Waals surface area contributed by atoms with Gasteiger partial charge in [-0.1, -0.05) is 48.5 Å². The van der Waals surface area contributed by atoms with Crippen molar-refractivity contribution < 1.29 is 19.2 Å². The van der Waals surface area contributed by atoms with E-state index < -0.39 is 17.6 Å². The average Bonchev–Trinajstić information content (AvgIpc) is 3.05. The Kier molecular flexibility index (Phi) is 5.70. The van der Waals surface area contributed by atoms with Crippen LogP contribution in [-0.2, 0) is 14.4 Å². The van der Waals surface area contributed by atoms with Gasteiger partial charge in [0.25, 0.3) is 11.8 Å². The molecule has 1 aliphatic carbocycles. The fourth-order valence-corrected chi connectivity index (χ4v) is 4.19. The van der Waals surface area contributed by atoms with Crippen LogP contribution in [-0.4, -0.2) is 29.3 Å². The van der Waals surface area contributed by atoms with E-state index in [1.54, 1.807) is 24.3 Å². The molecule has 1 saturated carbocycles. The van der Waals surface area contributed by atoms with Crippen LogP contribution in [0.5, 0.6) is 0 Å². The first-order chi connectivity index (χ1) is 15.0. The Labute approximate surface area is 179 Å². The van der Waals surface area contributed by atoms with Crippen molar-refractivity contribution in [3.8, 4) is 0 Å². The molecule has 1 unspecified atom stereocenters. The third kappa shape index (κ3) is 4.42. The van der Waals surface area contributed by atoms with E-state index in [1.165, 1.54) is 0 Å². The van der Waals surface area contributed by atoms with Crippen LogP contribution in [0, 0.1) is 5.92 Å². The smallest absolute Gasteiger partial charge is 0.322 e. The summed E-state index contributed by atoms with van der Waals surface area (Å²) in [6, 6.07) is 16.8. The van der Waals surface area contributed by atoms with Gasteiger partial charge in [-0.2, -0.15) is 0 Å². The van der Waals surface area contributed by atoms with Gasteiger partial charge in [-0.15, -0.1) is 0 Å². The predicted octanol–water partition coefficient (Wildman–Crippen LogP) is 2.25. The SMILES string of the molecule is O=C1NC(=O)C2(CCC(C(=O)NC(C(=O)Nc3ccccc3)c3ccccc3)CC2)N1. The molecule has 2 fully saturated rings. The van der Waals surface area contributed by atoms with Crippen LogP contribution >= 0.6 is 0 Å². The molecule has 4 N–H and O–H groups in total. The van der Waals surface area contributed by atoms with Gasteiger partial charge >= 0.3 is 6.03 Å². The van der Waals surface area contributed by atoms with Gasteiger partial charge in [-0.25, -0.2) is 4.79 Å². The topological polar surface area (TPSA) is 116 Å². The molecule has 1 spiro atoms. The van der Waals surface area contributed by atoms with Crippen LogP contribution in [0.15, 0.2) is 60.7 Å². The Hall–Kier alpha value is -3.68. The van der Waals surface area contributed by atoms with Gasteiger partial charge in [0, 0.05) is 11.6 Å². The molecule has 1 saturated heterocycles. The lowest BCUT2D eigenvalue weighted by molar-refractivity contribution is -0.132. The van der Waals surface area contributed by atoms with Crippen LogP contribution in [0.3, 0.4) is 0 Å². The highest BCUT2D eigenvalue weighted by molar-refractivity contribution is 6.07. The number of para-hydroxylation sites is 1. The minimum absolute atomic E-state index is 0.239. The van der Waals surface area contributed by atoms with Crippen molar-refractivity contribution in [3.05, 3.63) is 66.2 Å². The second-order valence-corrected chi connectivity index (χ2v) is 7.97. The maximum atomic E-state index is 13.0. The molecule has 2 aliphatic rings. The number of carbonyl (C=O) groups is 4. The first-order valence-electron chi connectivity index (χ1n) is 10.3. The summed E-state index contributed by atoms with van der Waals surface area (Å²) in [7, 11) is 0. The molecule has 1 aliphatic heterocycles. The summed E-state index contributed by atoms with van der Waals surface area (Å²) in [5, 5.41) is 10.7. The second-order valence-electron chi connectivity index (χ2n) is 7.97. The summed E-state index contributed by atoms with van der Waals surface area (Å²) in [4.78, 5) is 49.6. The normalized spacial score (nSPS) is 23.5. The minimum atomic E-state index is -0.919. The first kappa shape index (κ1) is 20.6. The van der Waals surface area contributed by atoms with E-state index in [0.29, 0.717) is 36.9 Å². The summed E-state index contributed by atoms with van der Waals surface area (Å²) in [6.45, 7) is 0. The van der Waals surface area contributed by atoms with Crippen LogP contribution in [0.2, 0.25) is 0 Å².